The highest BCUT2D eigenvalue weighted by molar-refractivity contribution is 14.1. The quantitative estimate of drug-likeness (QED) is 0.644. The molecule has 3 aliphatic heterocycles. The van der Waals surface area contributed by atoms with Gasteiger partial charge in [-0.1, -0.05) is 12.1 Å². The monoisotopic (exact) mass is 382 g/mol. The van der Waals surface area contributed by atoms with Crippen LogP contribution in [0.1, 0.15) is 18.4 Å². The summed E-state index contributed by atoms with van der Waals surface area (Å²) in [6.07, 6.45) is 5.99. The molecule has 106 valence electrons. The van der Waals surface area contributed by atoms with E-state index in [1.54, 1.807) is 6.08 Å². The van der Waals surface area contributed by atoms with E-state index in [0.29, 0.717) is 12.0 Å². The molecule has 1 atom stereocenters. The zero-order valence-electron chi connectivity index (χ0n) is 11.4. The molecule has 3 saturated heterocycles. The lowest BCUT2D eigenvalue weighted by atomic mass is 9.84. The molecule has 3 nitrogen and oxygen atoms in total. The maximum absolute atomic E-state index is 12.0. The molecular formula is C16H19IN2O. The van der Waals surface area contributed by atoms with Gasteiger partial charge in [0.25, 0.3) is 0 Å². The number of halogens is 1. The lowest BCUT2D eigenvalue weighted by molar-refractivity contribution is -0.118. The molecule has 0 spiro atoms. The number of carbonyl (C=O) groups excluding carboxylic acids is 1. The van der Waals surface area contributed by atoms with Crippen molar-refractivity contribution in [1.82, 2.24) is 10.2 Å². The Hall–Kier alpha value is -0.880. The fourth-order valence-electron chi connectivity index (χ4n) is 3.11. The topological polar surface area (TPSA) is 32.3 Å². The molecule has 0 radical (unpaired) electrons. The van der Waals surface area contributed by atoms with Gasteiger partial charge in [-0.25, -0.2) is 0 Å². The van der Waals surface area contributed by atoms with E-state index in [1.165, 1.54) is 29.5 Å². The molecule has 3 fully saturated rings. The molecule has 0 aliphatic carbocycles. The van der Waals surface area contributed by atoms with Gasteiger partial charge in [0.2, 0.25) is 5.91 Å². The molecule has 1 unspecified atom stereocenters. The summed E-state index contributed by atoms with van der Waals surface area (Å²) in [6, 6.07) is 8.49. The van der Waals surface area contributed by atoms with Crippen LogP contribution >= 0.6 is 22.6 Å². The molecule has 0 saturated carbocycles. The summed E-state index contributed by atoms with van der Waals surface area (Å²) in [4.78, 5) is 14.5. The van der Waals surface area contributed by atoms with Crippen LogP contribution in [0, 0.1) is 9.49 Å². The highest BCUT2D eigenvalue weighted by Crippen LogP contribution is 2.27. The van der Waals surface area contributed by atoms with Gasteiger partial charge < -0.3 is 10.2 Å². The van der Waals surface area contributed by atoms with Crippen LogP contribution in [0.4, 0.5) is 0 Å². The minimum absolute atomic E-state index is 0.0299. The van der Waals surface area contributed by atoms with Crippen molar-refractivity contribution in [3.05, 3.63) is 39.5 Å². The van der Waals surface area contributed by atoms with Gasteiger partial charge in [0.1, 0.15) is 0 Å². The number of carbonyl (C=O) groups is 1. The fraction of sp³-hybridized carbons (Fsp3) is 0.438. The molecule has 4 heteroatoms. The molecule has 0 aromatic heterocycles. The Balaban J connectivity index is 1.55. The van der Waals surface area contributed by atoms with E-state index < -0.39 is 0 Å². The molecule has 1 aromatic carbocycles. The number of fused-ring (bicyclic) bond motifs is 3. The summed E-state index contributed by atoms with van der Waals surface area (Å²) in [6.45, 7) is 3.43. The van der Waals surface area contributed by atoms with Crippen molar-refractivity contribution in [3.63, 3.8) is 0 Å². The lowest BCUT2D eigenvalue weighted by Gasteiger charge is -2.44. The summed E-state index contributed by atoms with van der Waals surface area (Å²) in [7, 11) is 0. The van der Waals surface area contributed by atoms with Gasteiger partial charge in [-0.15, -0.1) is 0 Å². The van der Waals surface area contributed by atoms with E-state index in [2.05, 4.69) is 32.8 Å². The summed E-state index contributed by atoms with van der Waals surface area (Å²) in [5, 5.41) is 3.16. The molecule has 4 rings (SSSR count). The van der Waals surface area contributed by atoms with Crippen molar-refractivity contribution in [2.24, 2.45) is 5.92 Å². The lowest BCUT2D eigenvalue weighted by Crippen LogP contribution is -2.57. The first-order chi connectivity index (χ1) is 9.70. The second-order valence-corrected chi connectivity index (χ2v) is 6.88. The van der Waals surface area contributed by atoms with Crippen LogP contribution in [0.25, 0.3) is 6.08 Å². The van der Waals surface area contributed by atoms with Gasteiger partial charge in [0.15, 0.2) is 0 Å². The zero-order valence-corrected chi connectivity index (χ0v) is 13.5. The molecule has 3 heterocycles. The minimum atomic E-state index is 0.0299. The van der Waals surface area contributed by atoms with Crippen LogP contribution in [-0.2, 0) is 4.79 Å². The minimum Gasteiger partial charge on any atom is -0.348 e. The second-order valence-electron chi connectivity index (χ2n) is 5.64. The molecule has 3 aliphatic rings. The molecule has 1 amide bonds. The third kappa shape index (κ3) is 3.41. The number of amides is 1. The maximum Gasteiger partial charge on any atom is 0.244 e. The van der Waals surface area contributed by atoms with E-state index in [0.717, 1.165) is 12.1 Å². The van der Waals surface area contributed by atoms with Crippen LogP contribution in [0.2, 0.25) is 0 Å². The number of piperidine rings is 3. The Morgan fingerprint density at radius 2 is 1.95 bits per heavy atom. The van der Waals surface area contributed by atoms with Crippen molar-refractivity contribution in [2.75, 3.05) is 19.6 Å². The maximum atomic E-state index is 12.0. The van der Waals surface area contributed by atoms with Gasteiger partial charge in [-0.05, 0) is 78.2 Å². The normalized spacial score (nSPS) is 28.8. The Morgan fingerprint density at radius 1 is 1.25 bits per heavy atom. The van der Waals surface area contributed by atoms with Gasteiger partial charge in [-0.2, -0.15) is 0 Å². The molecule has 1 aromatic rings. The van der Waals surface area contributed by atoms with Gasteiger partial charge in [0.05, 0.1) is 0 Å². The van der Waals surface area contributed by atoms with E-state index >= 15 is 0 Å². The third-order valence-corrected chi connectivity index (χ3v) is 5.00. The van der Waals surface area contributed by atoms with E-state index in [9.17, 15) is 4.79 Å². The number of nitrogens with zero attached hydrogens (tertiary/aromatic N) is 1. The van der Waals surface area contributed by atoms with E-state index in [4.69, 9.17) is 0 Å². The number of rotatable bonds is 3. The van der Waals surface area contributed by atoms with Gasteiger partial charge >= 0.3 is 0 Å². The van der Waals surface area contributed by atoms with Crippen molar-refractivity contribution in [1.29, 1.82) is 0 Å². The highest BCUT2D eigenvalue weighted by Gasteiger charge is 2.34. The predicted molar refractivity (Wildman–Crippen MR) is 89.3 cm³/mol. The predicted octanol–water partition coefficient (Wildman–Crippen LogP) is 2.51. The van der Waals surface area contributed by atoms with Crippen molar-refractivity contribution < 1.29 is 4.79 Å². The summed E-state index contributed by atoms with van der Waals surface area (Å²) >= 11 is 2.28. The number of nitrogens with one attached hydrogen (secondary N) is 1. The second kappa shape index (κ2) is 6.26. The van der Waals surface area contributed by atoms with Crippen LogP contribution in [0.3, 0.4) is 0 Å². The molecule has 20 heavy (non-hydrogen) atoms. The van der Waals surface area contributed by atoms with Gasteiger partial charge in [0, 0.05) is 22.2 Å². The Bertz CT molecular complexity index is 504. The van der Waals surface area contributed by atoms with Crippen LogP contribution in [-0.4, -0.2) is 36.5 Å². The Kier molecular flexibility index (Phi) is 4.41. The Morgan fingerprint density at radius 3 is 2.55 bits per heavy atom. The third-order valence-electron chi connectivity index (χ3n) is 4.28. The summed E-state index contributed by atoms with van der Waals surface area (Å²) in [5.74, 6) is 0.706. The van der Waals surface area contributed by atoms with Crippen LogP contribution in [0.5, 0.6) is 0 Å². The van der Waals surface area contributed by atoms with Crippen LogP contribution in [0.15, 0.2) is 30.3 Å². The van der Waals surface area contributed by atoms with Crippen molar-refractivity contribution in [3.8, 4) is 0 Å². The first-order valence-electron chi connectivity index (χ1n) is 7.17. The summed E-state index contributed by atoms with van der Waals surface area (Å²) in [5.41, 5.74) is 1.06. The average molecular weight is 382 g/mol. The molecule has 1 N–H and O–H groups in total. The van der Waals surface area contributed by atoms with Crippen molar-refractivity contribution >= 4 is 34.6 Å². The van der Waals surface area contributed by atoms with Crippen LogP contribution < -0.4 is 5.32 Å². The number of hydrogen-bond donors (Lipinski definition) is 1. The SMILES string of the molecule is O=C(/C=C/c1ccc(I)cc1)NC1CN2CCC1CC2. The van der Waals surface area contributed by atoms with Gasteiger partial charge in [-0.3, -0.25) is 4.79 Å². The van der Waals surface area contributed by atoms with E-state index in [-0.39, 0.29) is 5.91 Å². The fourth-order valence-corrected chi connectivity index (χ4v) is 3.46. The first kappa shape index (κ1) is 14.1. The number of hydrogen-bond acceptors (Lipinski definition) is 2. The summed E-state index contributed by atoms with van der Waals surface area (Å²) < 4.78 is 1.21. The molecule has 2 bridgehead atoms. The first-order valence-corrected chi connectivity index (χ1v) is 8.25. The Labute approximate surface area is 133 Å². The highest BCUT2D eigenvalue weighted by atomic mass is 127. The largest absolute Gasteiger partial charge is 0.348 e. The average Bonchev–Trinajstić information content (AvgIpc) is 2.48. The van der Waals surface area contributed by atoms with Crippen molar-refractivity contribution in [2.45, 2.75) is 18.9 Å². The molecular weight excluding hydrogens is 363 g/mol. The standard InChI is InChI=1S/C16H19IN2O/c17-14-4-1-12(2-5-14)3-6-16(20)18-15-11-19-9-7-13(15)8-10-19/h1-6,13,15H,7-11H2,(H,18,20)/b6-3+. The smallest absolute Gasteiger partial charge is 0.244 e. The zero-order chi connectivity index (χ0) is 13.9. The number of benzene rings is 1. The van der Waals surface area contributed by atoms with E-state index in [1.807, 2.05) is 30.3 Å².